The minimum absolute atomic E-state index is 0.152. The van der Waals surface area contributed by atoms with Crippen molar-refractivity contribution < 1.29 is 9.59 Å². The number of nitrogens with two attached hydrogens (primary N) is 1. The van der Waals surface area contributed by atoms with Crippen molar-refractivity contribution in [2.75, 3.05) is 5.32 Å². The van der Waals surface area contributed by atoms with Crippen molar-refractivity contribution in [2.45, 2.75) is 46.8 Å². The van der Waals surface area contributed by atoms with Gasteiger partial charge < -0.3 is 16.4 Å². The van der Waals surface area contributed by atoms with Gasteiger partial charge in [0, 0.05) is 30.9 Å². The highest BCUT2D eigenvalue weighted by atomic mass is 16.2. The molecule has 3 rings (SSSR count). The number of rotatable bonds is 8. The Kier molecular flexibility index (Phi) is 6.34. The largest absolute Gasteiger partial charge is 0.381 e. The average molecular weight is 409 g/mol. The van der Waals surface area contributed by atoms with Crippen LogP contribution >= 0.6 is 0 Å². The Balaban J connectivity index is 1.90. The normalized spacial score (nSPS) is 12.2. The van der Waals surface area contributed by atoms with Crippen LogP contribution in [0.4, 0.5) is 5.69 Å². The number of nitrogens with one attached hydrogen (secondary N) is 2. The molecule has 0 saturated heterocycles. The van der Waals surface area contributed by atoms with E-state index >= 15 is 0 Å². The maximum Gasteiger partial charge on any atom is 0.255 e. The van der Waals surface area contributed by atoms with E-state index < -0.39 is 5.91 Å². The number of benzene rings is 1. The minimum atomic E-state index is -0.500. The molecule has 0 spiro atoms. The standard InChI is InChI=1S/C22H28N6O2/c1-5-28-21-17(12-26-28)19(27-14(4)13(2)3)18(11-24-21)22(30)25-10-15-7-6-8-16(9-15)20(23)29/h6-9,11-14H,5,10H2,1-4H3,(H2,23,29)(H,24,27)(H,25,30)/t14-/m0/s1. The van der Waals surface area contributed by atoms with Crippen LogP contribution < -0.4 is 16.4 Å². The van der Waals surface area contributed by atoms with Gasteiger partial charge in [-0.05, 0) is 37.5 Å². The highest BCUT2D eigenvalue weighted by molar-refractivity contribution is 6.06. The van der Waals surface area contributed by atoms with Crippen LogP contribution in [-0.2, 0) is 13.1 Å². The highest BCUT2D eigenvalue weighted by Gasteiger charge is 2.20. The van der Waals surface area contributed by atoms with Crippen LogP contribution in [0.15, 0.2) is 36.7 Å². The van der Waals surface area contributed by atoms with E-state index in [9.17, 15) is 9.59 Å². The maximum absolute atomic E-state index is 13.0. The molecule has 0 fully saturated rings. The molecular weight excluding hydrogens is 380 g/mol. The lowest BCUT2D eigenvalue weighted by atomic mass is 10.0. The van der Waals surface area contributed by atoms with Crippen LogP contribution in [-0.4, -0.2) is 32.6 Å². The summed E-state index contributed by atoms with van der Waals surface area (Å²) in [5.41, 5.74) is 8.45. The zero-order valence-electron chi connectivity index (χ0n) is 17.8. The molecule has 0 bridgehead atoms. The number of hydrogen-bond donors (Lipinski definition) is 3. The Bertz CT molecular complexity index is 1070. The molecule has 3 aromatic rings. The first-order valence-corrected chi connectivity index (χ1v) is 10.1. The molecule has 0 unspecified atom stereocenters. The fraction of sp³-hybridized carbons (Fsp3) is 0.364. The van der Waals surface area contributed by atoms with Gasteiger partial charge in [-0.2, -0.15) is 5.10 Å². The molecular formula is C22H28N6O2. The maximum atomic E-state index is 13.0. The molecule has 1 aromatic carbocycles. The molecule has 0 aliphatic heterocycles. The van der Waals surface area contributed by atoms with Crippen molar-refractivity contribution >= 4 is 28.5 Å². The molecule has 0 aliphatic carbocycles. The van der Waals surface area contributed by atoms with Crippen molar-refractivity contribution in [1.82, 2.24) is 20.1 Å². The summed E-state index contributed by atoms with van der Waals surface area (Å²) in [5.74, 6) is -0.376. The number of primary amides is 1. The van der Waals surface area contributed by atoms with Gasteiger partial charge in [0.05, 0.1) is 22.8 Å². The number of carbonyl (C=O) groups excluding carboxylic acids is 2. The van der Waals surface area contributed by atoms with Crippen LogP contribution in [0.3, 0.4) is 0 Å². The van der Waals surface area contributed by atoms with Gasteiger partial charge in [-0.1, -0.05) is 26.0 Å². The van der Waals surface area contributed by atoms with Crippen LogP contribution in [0.2, 0.25) is 0 Å². The quantitative estimate of drug-likeness (QED) is 0.530. The Hall–Kier alpha value is -3.42. The lowest BCUT2D eigenvalue weighted by Gasteiger charge is -2.21. The molecule has 0 aliphatic rings. The van der Waals surface area contributed by atoms with Gasteiger partial charge in [0.15, 0.2) is 5.65 Å². The predicted octanol–water partition coefficient (Wildman–Crippen LogP) is 2.94. The lowest BCUT2D eigenvalue weighted by Crippen LogP contribution is -2.27. The first-order valence-electron chi connectivity index (χ1n) is 10.1. The Labute approximate surface area is 175 Å². The van der Waals surface area contributed by atoms with E-state index in [1.807, 2.05) is 13.0 Å². The zero-order valence-corrected chi connectivity index (χ0v) is 17.8. The van der Waals surface area contributed by atoms with Crippen molar-refractivity contribution in [3.63, 3.8) is 0 Å². The van der Waals surface area contributed by atoms with E-state index in [0.29, 0.717) is 23.6 Å². The number of amides is 2. The van der Waals surface area contributed by atoms with Crippen molar-refractivity contribution in [3.05, 3.63) is 53.3 Å². The minimum Gasteiger partial charge on any atom is -0.381 e. The van der Waals surface area contributed by atoms with Gasteiger partial charge in [-0.25, -0.2) is 9.67 Å². The smallest absolute Gasteiger partial charge is 0.255 e. The second kappa shape index (κ2) is 8.94. The molecule has 8 nitrogen and oxygen atoms in total. The number of fused-ring (bicyclic) bond motifs is 1. The summed E-state index contributed by atoms with van der Waals surface area (Å²) < 4.78 is 1.80. The van der Waals surface area contributed by atoms with E-state index in [1.165, 1.54) is 0 Å². The van der Waals surface area contributed by atoms with Crippen molar-refractivity contribution in [3.8, 4) is 0 Å². The van der Waals surface area contributed by atoms with Gasteiger partial charge in [-0.15, -0.1) is 0 Å². The van der Waals surface area contributed by atoms with E-state index in [1.54, 1.807) is 35.3 Å². The highest BCUT2D eigenvalue weighted by Crippen LogP contribution is 2.27. The van der Waals surface area contributed by atoms with Crippen molar-refractivity contribution in [1.29, 1.82) is 0 Å². The fourth-order valence-corrected chi connectivity index (χ4v) is 3.09. The molecule has 1 atom stereocenters. The van der Waals surface area contributed by atoms with E-state index in [4.69, 9.17) is 5.73 Å². The Morgan fingerprint density at radius 3 is 2.63 bits per heavy atom. The number of nitrogens with zero attached hydrogens (tertiary/aromatic N) is 3. The molecule has 158 valence electrons. The number of anilines is 1. The first-order chi connectivity index (χ1) is 14.3. The summed E-state index contributed by atoms with van der Waals surface area (Å²) in [5, 5.41) is 11.6. The van der Waals surface area contributed by atoms with E-state index in [-0.39, 0.29) is 18.5 Å². The Morgan fingerprint density at radius 1 is 1.20 bits per heavy atom. The van der Waals surface area contributed by atoms with Gasteiger partial charge >= 0.3 is 0 Å². The Morgan fingerprint density at radius 2 is 1.97 bits per heavy atom. The topological polar surface area (TPSA) is 115 Å². The molecule has 2 aromatic heterocycles. The molecule has 0 radical (unpaired) electrons. The van der Waals surface area contributed by atoms with Gasteiger partial charge in [0.1, 0.15) is 0 Å². The van der Waals surface area contributed by atoms with Crippen molar-refractivity contribution in [2.24, 2.45) is 11.7 Å². The second-order valence-corrected chi connectivity index (χ2v) is 7.67. The number of hydrogen-bond acceptors (Lipinski definition) is 5. The number of aromatic nitrogens is 3. The van der Waals surface area contributed by atoms with E-state index in [0.717, 1.165) is 22.3 Å². The third-order valence-corrected chi connectivity index (χ3v) is 5.25. The summed E-state index contributed by atoms with van der Waals surface area (Å²) in [7, 11) is 0. The number of aryl methyl sites for hydroxylation is 1. The van der Waals surface area contributed by atoms with Gasteiger partial charge in [0.25, 0.3) is 5.91 Å². The summed E-state index contributed by atoms with van der Waals surface area (Å²) in [6.07, 6.45) is 3.33. The average Bonchev–Trinajstić information content (AvgIpc) is 3.15. The molecule has 8 heteroatoms. The molecule has 2 amide bonds. The lowest BCUT2D eigenvalue weighted by molar-refractivity contribution is 0.0950. The van der Waals surface area contributed by atoms with Gasteiger partial charge in [-0.3, -0.25) is 9.59 Å². The predicted molar refractivity (Wildman–Crippen MR) is 117 cm³/mol. The van der Waals surface area contributed by atoms with Crippen LogP contribution in [0.25, 0.3) is 11.0 Å². The summed E-state index contributed by atoms with van der Waals surface area (Å²) in [4.78, 5) is 28.9. The van der Waals surface area contributed by atoms with E-state index in [2.05, 4.69) is 41.5 Å². The summed E-state index contributed by atoms with van der Waals surface area (Å²) >= 11 is 0. The van der Waals surface area contributed by atoms with Crippen LogP contribution in [0.1, 0.15) is 54.0 Å². The SMILES string of the molecule is CCn1ncc2c(N[C@@H](C)C(C)C)c(C(=O)NCc3cccc(C(N)=O)c3)cnc21. The van der Waals surface area contributed by atoms with Crippen LogP contribution in [0, 0.1) is 5.92 Å². The second-order valence-electron chi connectivity index (χ2n) is 7.67. The van der Waals surface area contributed by atoms with Gasteiger partial charge in [0.2, 0.25) is 5.91 Å². The monoisotopic (exact) mass is 408 g/mol. The molecule has 30 heavy (non-hydrogen) atoms. The molecule has 0 saturated carbocycles. The number of carbonyl (C=O) groups is 2. The summed E-state index contributed by atoms with van der Waals surface area (Å²) in [6, 6.07) is 7.05. The number of pyridine rings is 1. The zero-order chi connectivity index (χ0) is 21.8. The fourth-order valence-electron chi connectivity index (χ4n) is 3.09. The third kappa shape index (κ3) is 4.42. The van der Waals surface area contributed by atoms with Crippen LogP contribution in [0.5, 0.6) is 0 Å². The first kappa shape index (κ1) is 21.3. The molecule has 4 N–H and O–H groups in total. The summed E-state index contributed by atoms with van der Waals surface area (Å²) in [6.45, 7) is 9.29. The third-order valence-electron chi connectivity index (χ3n) is 5.25. The molecule has 2 heterocycles.